The number of aliphatic hydroxyl groups excluding tert-OH is 1. The van der Waals surface area contributed by atoms with E-state index in [0.717, 1.165) is 12.4 Å². The predicted octanol–water partition coefficient (Wildman–Crippen LogP) is 1.91. The quantitative estimate of drug-likeness (QED) is 0.885. The normalized spacial score (nSPS) is 12.2. The molecule has 0 aliphatic heterocycles. The average molecular weight is 294 g/mol. The zero-order valence-corrected chi connectivity index (χ0v) is 11.8. The molecular formula is C14H16ClN3O2. The van der Waals surface area contributed by atoms with Crippen LogP contribution in [-0.2, 0) is 17.9 Å². The number of rotatable bonds is 5. The number of aliphatic hydroxyl groups is 1. The Labute approximate surface area is 122 Å². The van der Waals surface area contributed by atoms with E-state index in [1.807, 2.05) is 17.7 Å². The van der Waals surface area contributed by atoms with Crippen LogP contribution in [0.1, 0.15) is 24.4 Å². The van der Waals surface area contributed by atoms with Crippen molar-refractivity contribution >= 4 is 17.5 Å². The molecule has 1 atom stereocenters. The van der Waals surface area contributed by atoms with Gasteiger partial charge in [0, 0.05) is 29.5 Å². The Morgan fingerprint density at radius 1 is 1.50 bits per heavy atom. The summed E-state index contributed by atoms with van der Waals surface area (Å²) in [7, 11) is 0. The van der Waals surface area contributed by atoms with E-state index in [-0.39, 0.29) is 6.54 Å². The first-order valence-electron chi connectivity index (χ1n) is 6.33. The van der Waals surface area contributed by atoms with Gasteiger partial charge in [0.05, 0.1) is 6.54 Å². The summed E-state index contributed by atoms with van der Waals surface area (Å²) in [5, 5.41) is 13.0. The molecule has 2 N–H and O–H groups in total. The number of amides is 1. The second-order valence-electron chi connectivity index (χ2n) is 4.27. The standard InChI is InChI=1S/C14H16ClN3O2/c1-2-18-8-7-16-12(18)9-17-14(20)13(19)10-5-3-4-6-11(10)15/h3-8,13,19H,2,9H2,1H3,(H,17,20)/t13-/m1/s1. The Morgan fingerprint density at radius 3 is 2.95 bits per heavy atom. The molecule has 0 saturated carbocycles. The molecule has 2 aromatic rings. The Kier molecular flexibility index (Phi) is 4.76. The molecule has 6 heteroatoms. The molecule has 0 spiro atoms. The van der Waals surface area contributed by atoms with Gasteiger partial charge < -0.3 is 15.0 Å². The highest BCUT2D eigenvalue weighted by Crippen LogP contribution is 2.22. The lowest BCUT2D eigenvalue weighted by Crippen LogP contribution is -2.30. The highest BCUT2D eigenvalue weighted by molar-refractivity contribution is 6.31. The molecule has 5 nitrogen and oxygen atoms in total. The van der Waals surface area contributed by atoms with Crippen molar-refractivity contribution in [1.82, 2.24) is 14.9 Å². The van der Waals surface area contributed by atoms with Crippen LogP contribution in [-0.4, -0.2) is 20.6 Å². The van der Waals surface area contributed by atoms with Crippen molar-refractivity contribution in [3.05, 3.63) is 53.1 Å². The number of nitrogens with zero attached hydrogens (tertiary/aromatic N) is 2. The van der Waals surface area contributed by atoms with Crippen molar-refractivity contribution in [2.24, 2.45) is 0 Å². The van der Waals surface area contributed by atoms with Crippen LogP contribution in [0.3, 0.4) is 0 Å². The number of benzene rings is 1. The Morgan fingerprint density at radius 2 is 2.25 bits per heavy atom. The van der Waals surface area contributed by atoms with Crippen LogP contribution < -0.4 is 5.32 Å². The number of hydrogen-bond donors (Lipinski definition) is 2. The molecule has 1 aromatic carbocycles. The van der Waals surface area contributed by atoms with Crippen molar-refractivity contribution in [2.45, 2.75) is 26.1 Å². The summed E-state index contributed by atoms with van der Waals surface area (Å²) >= 11 is 5.95. The summed E-state index contributed by atoms with van der Waals surface area (Å²) in [6.07, 6.45) is 2.23. The lowest BCUT2D eigenvalue weighted by Gasteiger charge is -2.13. The smallest absolute Gasteiger partial charge is 0.253 e. The summed E-state index contributed by atoms with van der Waals surface area (Å²) in [5.41, 5.74) is 0.394. The van der Waals surface area contributed by atoms with Crippen LogP contribution >= 0.6 is 11.6 Å². The second kappa shape index (κ2) is 6.54. The van der Waals surface area contributed by atoms with Gasteiger partial charge in [-0.05, 0) is 13.0 Å². The van der Waals surface area contributed by atoms with E-state index in [0.29, 0.717) is 10.6 Å². The van der Waals surface area contributed by atoms with Crippen LogP contribution in [0.15, 0.2) is 36.7 Å². The number of imidazole rings is 1. The van der Waals surface area contributed by atoms with E-state index in [2.05, 4.69) is 10.3 Å². The minimum atomic E-state index is -1.28. The number of hydrogen-bond acceptors (Lipinski definition) is 3. The van der Waals surface area contributed by atoms with E-state index in [1.54, 1.807) is 30.5 Å². The first-order chi connectivity index (χ1) is 9.63. The topological polar surface area (TPSA) is 67.2 Å². The molecule has 0 radical (unpaired) electrons. The van der Waals surface area contributed by atoms with E-state index < -0.39 is 12.0 Å². The maximum Gasteiger partial charge on any atom is 0.253 e. The number of carbonyl (C=O) groups is 1. The fourth-order valence-corrected chi connectivity index (χ4v) is 2.14. The molecule has 0 bridgehead atoms. The summed E-state index contributed by atoms with van der Waals surface area (Å²) in [6.45, 7) is 3.03. The summed E-state index contributed by atoms with van der Waals surface area (Å²) in [6, 6.07) is 6.73. The first-order valence-corrected chi connectivity index (χ1v) is 6.71. The van der Waals surface area contributed by atoms with Gasteiger partial charge in [0.15, 0.2) is 6.10 Å². The van der Waals surface area contributed by atoms with Crippen molar-refractivity contribution in [2.75, 3.05) is 0 Å². The van der Waals surface area contributed by atoms with Gasteiger partial charge in [-0.15, -0.1) is 0 Å². The molecule has 0 aliphatic carbocycles. The van der Waals surface area contributed by atoms with Crippen LogP contribution in [0.4, 0.5) is 0 Å². The highest BCUT2D eigenvalue weighted by atomic mass is 35.5. The maximum atomic E-state index is 11.9. The molecule has 0 unspecified atom stereocenters. The molecule has 20 heavy (non-hydrogen) atoms. The lowest BCUT2D eigenvalue weighted by atomic mass is 10.1. The van der Waals surface area contributed by atoms with E-state index >= 15 is 0 Å². The van der Waals surface area contributed by atoms with Crippen LogP contribution in [0, 0.1) is 0 Å². The van der Waals surface area contributed by atoms with E-state index in [9.17, 15) is 9.90 Å². The van der Waals surface area contributed by atoms with Gasteiger partial charge >= 0.3 is 0 Å². The molecule has 1 amide bonds. The molecular weight excluding hydrogens is 278 g/mol. The average Bonchev–Trinajstić information content (AvgIpc) is 2.92. The third-order valence-corrected chi connectivity index (χ3v) is 3.36. The summed E-state index contributed by atoms with van der Waals surface area (Å²) < 4.78 is 1.92. The summed E-state index contributed by atoms with van der Waals surface area (Å²) in [4.78, 5) is 16.1. The number of aryl methyl sites for hydroxylation is 1. The predicted molar refractivity (Wildman–Crippen MR) is 76.2 cm³/mol. The SMILES string of the molecule is CCn1ccnc1CNC(=O)[C@H](O)c1ccccc1Cl. The van der Waals surface area contributed by atoms with Crippen LogP contribution in [0.2, 0.25) is 5.02 Å². The third-order valence-electron chi connectivity index (χ3n) is 3.01. The van der Waals surface area contributed by atoms with Crippen LogP contribution in [0.5, 0.6) is 0 Å². The number of aromatic nitrogens is 2. The molecule has 0 saturated heterocycles. The zero-order valence-electron chi connectivity index (χ0n) is 11.1. The van der Waals surface area contributed by atoms with Gasteiger partial charge in [0.25, 0.3) is 5.91 Å². The van der Waals surface area contributed by atoms with Crippen molar-refractivity contribution in [3.63, 3.8) is 0 Å². The Balaban J connectivity index is 2.00. The van der Waals surface area contributed by atoms with Crippen LogP contribution in [0.25, 0.3) is 0 Å². The largest absolute Gasteiger partial charge is 0.378 e. The van der Waals surface area contributed by atoms with Crippen molar-refractivity contribution < 1.29 is 9.90 Å². The van der Waals surface area contributed by atoms with Crippen molar-refractivity contribution in [3.8, 4) is 0 Å². The van der Waals surface area contributed by atoms with Gasteiger partial charge in [0.1, 0.15) is 5.82 Å². The van der Waals surface area contributed by atoms with Gasteiger partial charge in [0.2, 0.25) is 0 Å². The van der Waals surface area contributed by atoms with Gasteiger partial charge in [-0.2, -0.15) is 0 Å². The molecule has 1 aromatic heterocycles. The minimum Gasteiger partial charge on any atom is -0.378 e. The number of nitrogens with one attached hydrogen (secondary N) is 1. The molecule has 2 rings (SSSR count). The fraction of sp³-hybridized carbons (Fsp3) is 0.286. The van der Waals surface area contributed by atoms with E-state index in [4.69, 9.17) is 11.6 Å². The minimum absolute atomic E-state index is 0.265. The second-order valence-corrected chi connectivity index (χ2v) is 4.68. The Bertz CT molecular complexity index is 598. The monoisotopic (exact) mass is 293 g/mol. The van der Waals surface area contributed by atoms with Gasteiger partial charge in [-0.1, -0.05) is 29.8 Å². The zero-order chi connectivity index (χ0) is 14.5. The molecule has 0 fully saturated rings. The molecule has 106 valence electrons. The van der Waals surface area contributed by atoms with E-state index in [1.165, 1.54) is 0 Å². The highest BCUT2D eigenvalue weighted by Gasteiger charge is 2.19. The van der Waals surface area contributed by atoms with Gasteiger partial charge in [-0.3, -0.25) is 4.79 Å². The third kappa shape index (κ3) is 3.18. The maximum absolute atomic E-state index is 11.9. The molecule has 0 aliphatic rings. The number of carbonyl (C=O) groups excluding carboxylic acids is 1. The summed E-state index contributed by atoms with van der Waals surface area (Å²) in [5.74, 6) is 0.246. The van der Waals surface area contributed by atoms with Crippen molar-refractivity contribution in [1.29, 1.82) is 0 Å². The fourth-order valence-electron chi connectivity index (χ4n) is 1.90. The lowest BCUT2D eigenvalue weighted by molar-refractivity contribution is -0.129. The first kappa shape index (κ1) is 14.6. The Hall–Kier alpha value is -1.85. The number of halogens is 1. The van der Waals surface area contributed by atoms with Gasteiger partial charge in [-0.25, -0.2) is 4.98 Å². The molecule has 1 heterocycles.